The fourth-order valence-corrected chi connectivity index (χ4v) is 1.45. The molecule has 1 heterocycles. The van der Waals surface area contributed by atoms with Crippen LogP contribution in [0.2, 0.25) is 0 Å². The molecular weight excluding hydrogens is 226 g/mol. The molecule has 0 spiro atoms. The molecule has 4 nitrogen and oxygen atoms in total. The Morgan fingerprint density at radius 1 is 1.50 bits per heavy atom. The first kappa shape index (κ1) is 14.0. The quantitative estimate of drug-likeness (QED) is 0.823. The fourth-order valence-electron chi connectivity index (χ4n) is 1.45. The van der Waals surface area contributed by atoms with Crippen LogP contribution in [0.1, 0.15) is 24.3 Å². The van der Waals surface area contributed by atoms with Gasteiger partial charge in [-0.25, -0.2) is 0 Å². The number of aromatic nitrogens is 1. The molecule has 1 aromatic rings. The van der Waals surface area contributed by atoms with Crippen molar-refractivity contribution in [2.75, 3.05) is 19.4 Å². The SMILES string of the molecule is C#CC(Nc1ccnc(C(=O)N(C)C)c1)C(C)C. The first-order valence-corrected chi connectivity index (χ1v) is 5.86. The van der Waals surface area contributed by atoms with Crippen LogP contribution in [0.5, 0.6) is 0 Å². The monoisotopic (exact) mass is 245 g/mol. The number of carbonyl (C=O) groups excluding carboxylic acids is 1. The van der Waals surface area contributed by atoms with Crippen LogP contribution < -0.4 is 5.32 Å². The summed E-state index contributed by atoms with van der Waals surface area (Å²) in [4.78, 5) is 17.3. The van der Waals surface area contributed by atoms with Gasteiger partial charge in [0.05, 0.1) is 6.04 Å². The number of terminal acetylenes is 1. The van der Waals surface area contributed by atoms with E-state index in [1.807, 2.05) is 13.8 Å². The molecule has 4 heteroatoms. The summed E-state index contributed by atoms with van der Waals surface area (Å²) in [5.74, 6) is 2.89. The number of pyridine rings is 1. The number of hydrogen-bond donors (Lipinski definition) is 1. The van der Waals surface area contributed by atoms with Crippen LogP contribution in [-0.2, 0) is 0 Å². The van der Waals surface area contributed by atoms with Gasteiger partial charge in [-0.3, -0.25) is 9.78 Å². The maximum Gasteiger partial charge on any atom is 0.272 e. The molecular formula is C14H19N3O. The summed E-state index contributed by atoms with van der Waals surface area (Å²) in [7, 11) is 3.39. The summed E-state index contributed by atoms with van der Waals surface area (Å²) in [6.07, 6.45) is 7.07. The van der Waals surface area contributed by atoms with Crippen molar-refractivity contribution in [3.05, 3.63) is 24.0 Å². The molecule has 1 aromatic heterocycles. The van der Waals surface area contributed by atoms with Crippen LogP contribution >= 0.6 is 0 Å². The second-order valence-corrected chi connectivity index (χ2v) is 4.66. The van der Waals surface area contributed by atoms with Crippen molar-refractivity contribution in [1.29, 1.82) is 0 Å². The molecule has 0 aliphatic heterocycles. The van der Waals surface area contributed by atoms with E-state index in [9.17, 15) is 4.79 Å². The highest BCUT2D eigenvalue weighted by Crippen LogP contribution is 2.13. The fraction of sp³-hybridized carbons (Fsp3) is 0.429. The lowest BCUT2D eigenvalue weighted by atomic mass is 10.1. The van der Waals surface area contributed by atoms with Crippen LogP contribution in [-0.4, -0.2) is 35.9 Å². The maximum atomic E-state index is 11.8. The first-order valence-electron chi connectivity index (χ1n) is 5.86. The Bertz CT molecular complexity index is 460. The highest BCUT2D eigenvalue weighted by molar-refractivity contribution is 5.92. The van der Waals surface area contributed by atoms with Crippen molar-refractivity contribution >= 4 is 11.6 Å². The molecule has 0 saturated heterocycles. The average Bonchev–Trinajstić information content (AvgIpc) is 2.34. The molecule has 1 amide bonds. The van der Waals surface area contributed by atoms with Crippen LogP contribution in [0.25, 0.3) is 0 Å². The Balaban J connectivity index is 2.90. The van der Waals surface area contributed by atoms with Crippen LogP contribution in [0.15, 0.2) is 18.3 Å². The average molecular weight is 245 g/mol. The van der Waals surface area contributed by atoms with E-state index in [4.69, 9.17) is 6.42 Å². The van der Waals surface area contributed by atoms with Gasteiger partial charge in [-0.15, -0.1) is 6.42 Å². The van der Waals surface area contributed by atoms with Crippen molar-refractivity contribution in [3.8, 4) is 12.3 Å². The van der Waals surface area contributed by atoms with E-state index in [2.05, 4.69) is 16.2 Å². The van der Waals surface area contributed by atoms with Gasteiger partial charge in [-0.2, -0.15) is 0 Å². The van der Waals surface area contributed by atoms with E-state index in [1.54, 1.807) is 32.4 Å². The van der Waals surface area contributed by atoms with E-state index in [-0.39, 0.29) is 11.9 Å². The number of anilines is 1. The van der Waals surface area contributed by atoms with Crippen molar-refractivity contribution in [2.45, 2.75) is 19.9 Å². The summed E-state index contributed by atoms with van der Waals surface area (Å²) < 4.78 is 0. The van der Waals surface area contributed by atoms with Gasteiger partial charge >= 0.3 is 0 Å². The first-order chi connectivity index (χ1) is 8.45. The molecule has 18 heavy (non-hydrogen) atoms. The molecule has 1 N–H and O–H groups in total. The second kappa shape index (κ2) is 6.06. The minimum absolute atomic E-state index is 0.0605. The topological polar surface area (TPSA) is 45.2 Å². The van der Waals surface area contributed by atoms with Gasteiger partial charge in [0.1, 0.15) is 5.69 Å². The Hall–Kier alpha value is -2.02. The predicted octanol–water partition coefficient (Wildman–Crippen LogP) is 1.85. The summed E-state index contributed by atoms with van der Waals surface area (Å²) >= 11 is 0. The van der Waals surface area contributed by atoms with Gasteiger partial charge in [0.2, 0.25) is 0 Å². The van der Waals surface area contributed by atoms with E-state index < -0.39 is 0 Å². The summed E-state index contributed by atoms with van der Waals surface area (Å²) in [6.45, 7) is 4.09. The highest BCUT2D eigenvalue weighted by Gasteiger charge is 2.13. The molecule has 0 saturated carbocycles. The molecule has 0 aliphatic carbocycles. The van der Waals surface area contributed by atoms with Gasteiger partial charge < -0.3 is 10.2 Å². The minimum Gasteiger partial charge on any atom is -0.371 e. The standard InChI is InChI=1S/C14H19N3O/c1-6-12(10(2)3)16-11-7-8-15-13(9-11)14(18)17(4)5/h1,7-10,12H,2-5H3,(H,15,16). The van der Waals surface area contributed by atoms with Crippen LogP contribution in [0, 0.1) is 18.3 Å². The molecule has 0 bridgehead atoms. The largest absolute Gasteiger partial charge is 0.371 e. The van der Waals surface area contributed by atoms with E-state index >= 15 is 0 Å². The zero-order chi connectivity index (χ0) is 13.7. The Morgan fingerprint density at radius 2 is 2.17 bits per heavy atom. The molecule has 1 unspecified atom stereocenters. The van der Waals surface area contributed by atoms with Gasteiger partial charge in [0.25, 0.3) is 5.91 Å². The second-order valence-electron chi connectivity index (χ2n) is 4.66. The van der Waals surface area contributed by atoms with Crippen molar-refractivity contribution in [1.82, 2.24) is 9.88 Å². The number of hydrogen-bond acceptors (Lipinski definition) is 3. The summed E-state index contributed by atoms with van der Waals surface area (Å²) in [5, 5.41) is 3.22. The number of rotatable bonds is 4. The minimum atomic E-state index is -0.125. The predicted molar refractivity (Wildman–Crippen MR) is 73.3 cm³/mol. The Labute approximate surface area is 108 Å². The zero-order valence-corrected chi connectivity index (χ0v) is 11.3. The zero-order valence-electron chi connectivity index (χ0n) is 11.3. The van der Waals surface area contributed by atoms with Gasteiger partial charge in [-0.1, -0.05) is 19.8 Å². The number of carbonyl (C=O) groups is 1. The highest BCUT2D eigenvalue weighted by atomic mass is 16.2. The number of amides is 1. The van der Waals surface area contributed by atoms with Crippen molar-refractivity contribution < 1.29 is 4.79 Å². The third kappa shape index (κ3) is 3.49. The van der Waals surface area contributed by atoms with Crippen molar-refractivity contribution in [3.63, 3.8) is 0 Å². The summed E-state index contributed by atoms with van der Waals surface area (Å²) in [5.41, 5.74) is 1.22. The summed E-state index contributed by atoms with van der Waals surface area (Å²) in [6, 6.07) is 3.46. The molecule has 1 atom stereocenters. The van der Waals surface area contributed by atoms with Crippen molar-refractivity contribution in [2.24, 2.45) is 5.92 Å². The lowest BCUT2D eigenvalue weighted by Gasteiger charge is -2.18. The van der Waals surface area contributed by atoms with Crippen LogP contribution in [0.4, 0.5) is 5.69 Å². The molecule has 0 aromatic carbocycles. The lowest BCUT2D eigenvalue weighted by Crippen LogP contribution is -2.25. The normalized spacial score (nSPS) is 11.8. The van der Waals surface area contributed by atoms with E-state index in [0.717, 1.165) is 5.69 Å². The Kier molecular flexibility index (Phi) is 4.73. The molecule has 1 rings (SSSR count). The van der Waals surface area contributed by atoms with E-state index in [1.165, 1.54) is 4.90 Å². The Morgan fingerprint density at radius 3 is 2.67 bits per heavy atom. The number of nitrogens with zero attached hydrogens (tertiary/aromatic N) is 2. The van der Waals surface area contributed by atoms with Gasteiger partial charge in [0.15, 0.2) is 0 Å². The molecule has 0 radical (unpaired) electrons. The van der Waals surface area contributed by atoms with Gasteiger partial charge in [0, 0.05) is 26.0 Å². The number of nitrogens with one attached hydrogen (secondary N) is 1. The molecule has 96 valence electrons. The maximum absolute atomic E-state index is 11.8. The molecule has 0 aliphatic rings. The van der Waals surface area contributed by atoms with Gasteiger partial charge in [-0.05, 0) is 18.1 Å². The molecule has 0 fully saturated rings. The third-order valence-electron chi connectivity index (χ3n) is 2.55. The third-order valence-corrected chi connectivity index (χ3v) is 2.55. The van der Waals surface area contributed by atoms with E-state index in [0.29, 0.717) is 11.6 Å². The van der Waals surface area contributed by atoms with Crippen LogP contribution in [0.3, 0.4) is 0 Å². The smallest absolute Gasteiger partial charge is 0.272 e. The lowest BCUT2D eigenvalue weighted by molar-refractivity contribution is 0.0822.